The number of halogens is 3. The van der Waals surface area contributed by atoms with Crippen molar-refractivity contribution in [3.8, 4) is 0 Å². The number of amides is 3. The van der Waals surface area contributed by atoms with Crippen LogP contribution in [0.2, 0.25) is 0 Å². The molecule has 5 rings (SSSR count). The van der Waals surface area contributed by atoms with Crippen LogP contribution in [0.25, 0.3) is 0 Å². The number of aryl methyl sites for hydroxylation is 1. The molecule has 4 heterocycles. The Balaban J connectivity index is 1.22. The van der Waals surface area contributed by atoms with E-state index < -0.39 is 23.8 Å². The number of benzene rings is 1. The summed E-state index contributed by atoms with van der Waals surface area (Å²) in [6.45, 7) is 4.08. The first-order valence-electron chi connectivity index (χ1n) is 12.1. The van der Waals surface area contributed by atoms with Crippen molar-refractivity contribution in [1.82, 2.24) is 10.3 Å². The topological polar surface area (TPSA) is 86.8 Å². The van der Waals surface area contributed by atoms with E-state index in [-0.39, 0.29) is 23.8 Å². The Morgan fingerprint density at radius 3 is 2.44 bits per heavy atom. The fourth-order valence-corrected chi connectivity index (χ4v) is 5.11. The number of nitrogens with zero attached hydrogens (tertiary/aromatic N) is 3. The van der Waals surface area contributed by atoms with E-state index >= 15 is 0 Å². The Morgan fingerprint density at radius 1 is 1.11 bits per heavy atom. The van der Waals surface area contributed by atoms with Crippen molar-refractivity contribution in [2.45, 2.75) is 57.0 Å². The quantitative estimate of drug-likeness (QED) is 0.657. The zero-order chi connectivity index (χ0) is 25.4. The number of hydrogen-bond donors (Lipinski definition) is 2. The Labute approximate surface area is 206 Å². The summed E-state index contributed by atoms with van der Waals surface area (Å²) >= 11 is 0. The van der Waals surface area contributed by atoms with E-state index in [0.717, 1.165) is 49.4 Å². The maximum atomic E-state index is 13.2. The highest BCUT2D eigenvalue weighted by molar-refractivity contribution is 6.01. The van der Waals surface area contributed by atoms with Crippen LogP contribution in [0, 0.1) is 6.92 Å². The maximum Gasteiger partial charge on any atom is 0.416 e. The van der Waals surface area contributed by atoms with Gasteiger partial charge < -0.3 is 25.2 Å². The average Bonchev–Trinajstić information content (AvgIpc) is 3.17. The lowest BCUT2D eigenvalue weighted by Crippen LogP contribution is -2.53. The van der Waals surface area contributed by atoms with E-state index in [2.05, 4.69) is 20.5 Å². The lowest BCUT2D eigenvalue weighted by molar-refractivity contribution is -0.137. The Bertz CT molecular complexity index is 1130. The molecule has 0 saturated carbocycles. The highest BCUT2D eigenvalue weighted by atomic mass is 19.4. The highest BCUT2D eigenvalue weighted by Crippen LogP contribution is 2.32. The summed E-state index contributed by atoms with van der Waals surface area (Å²) in [4.78, 5) is 34.2. The zero-order valence-corrected chi connectivity index (χ0v) is 19.8. The van der Waals surface area contributed by atoms with Gasteiger partial charge in [-0.1, -0.05) is 0 Å². The number of carbonyl (C=O) groups is 2. The third kappa shape index (κ3) is 5.11. The Kier molecular flexibility index (Phi) is 6.50. The number of rotatable bonds is 4. The van der Waals surface area contributed by atoms with E-state index in [1.165, 1.54) is 12.1 Å². The van der Waals surface area contributed by atoms with Crippen molar-refractivity contribution in [3.63, 3.8) is 0 Å². The third-order valence-electron chi connectivity index (χ3n) is 6.94. The zero-order valence-electron chi connectivity index (χ0n) is 19.8. The smallest absolute Gasteiger partial charge is 0.371 e. The lowest BCUT2D eigenvalue weighted by Gasteiger charge is -2.35. The minimum absolute atomic E-state index is 0.202. The van der Waals surface area contributed by atoms with Crippen LogP contribution in [0.15, 0.2) is 36.5 Å². The molecule has 3 fully saturated rings. The van der Waals surface area contributed by atoms with Gasteiger partial charge in [-0.25, -0.2) is 9.78 Å². The van der Waals surface area contributed by atoms with Gasteiger partial charge in [0.2, 0.25) is 5.91 Å². The second kappa shape index (κ2) is 9.61. The number of nitrogens with one attached hydrogen (secondary N) is 2. The van der Waals surface area contributed by atoms with E-state index in [1.54, 1.807) is 11.1 Å². The molecule has 3 saturated heterocycles. The molecule has 1 aromatic heterocycles. The maximum absolute atomic E-state index is 13.2. The van der Waals surface area contributed by atoms with Gasteiger partial charge in [-0.2, -0.15) is 13.2 Å². The van der Waals surface area contributed by atoms with Gasteiger partial charge in [0.15, 0.2) is 0 Å². The first-order chi connectivity index (χ1) is 17.2. The number of fused-ring (bicyclic) bond motifs is 2. The van der Waals surface area contributed by atoms with E-state index in [0.29, 0.717) is 25.1 Å². The number of carbonyl (C=O) groups excluding carboxylic acids is 2. The summed E-state index contributed by atoms with van der Waals surface area (Å²) < 4.78 is 44.1. The van der Waals surface area contributed by atoms with Crippen LogP contribution in [0.5, 0.6) is 0 Å². The van der Waals surface area contributed by atoms with Gasteiger partial charge in [0.05, 0.1) is 29.7 Å². The SMILES string of the molecule is Cc1cc(N2C[C@H]3CC[C@@H](C2)O3)ncc1N1CCC[C@@H](NC(=O)Nc2ccc(C(F)(F)F)cc2)C1=O. The lowest BCUT2D eigenvalue weighted by atomic mass is 10.0. The summed E-state index contributed by atoms with van der Waals surface area (Å²) in [5.74, 6) is 0.623. The summed E-state index contributed by atoms with van der Waals surface area (Å²) in [5.41, 5.74) is 1.02. The molecule has 2 N–H and O–H groups in total. The van der Waals surface area contributed by atoms with Gasteiger partial charge >= 0.3 is 12.2 Å². The van der Waals surface area contributed by atoms with Crippen molar-refractivity contribution in [1.29, 1.82) is 0 Å². The van der Waals surface area contributed by atoms with E-state index in [1.807, 2.05) is 13.0 Å². The number of aromatic nitrogens is 1. The van der Waals surface area contributed by atoms with Crippen molar-refractivity contribution < 1.29 is 27.5 Å². The van der Waals surface area contributed by atoms with Crippen LogP contribution < -0.4 is 20.4 Å². The molecule has 3 aliphatic heterocycles. The minimum atomic E-state index is -4.45. The first-order valence-corrected chi connectivity index (χ1v) is 12.1. The third-order valence-corrected chi connectivity index (χ3v) is 6.94. The Morgan fingerprint density at radius 2 is 1.81 bits per heavy atom. The number of alkyl halides is 3. The summed E-state index contributed by atoms with van der Waals surface area (Å²) in [6, 6.07) is 4.72. The molecule has 0 aliphatic carbocycles. The molecule has 3 amide bonds. The van der Waals surface area contributed by atoms with Crippen LogP contribution in [0.1, 0.15) is 36.8 Å². The molecular formula is C25H28F3N5O3. The van der Waals surface area contributed by atoms with Gasteiger partial charge in [-0.15, -0.1) is 0 Å². The molecule has 2 aromatic rings. The predicted octanol–water partition coefficient (Wildman–Crippen LogP) is 4.09. The minimum Gasteiger partial charge on any atom is -0.371 e. The number of hydrogen-bond acceptors (Lipinski definition) is 5. The van der Waals surface area contributed by atoms with Crippen LogP contribution in [-0.2, 0) is 15.7 Å². The predicted molar refractivity (Wildman–Crippen MR) is 128 cm³/mol. The van der Waals surface area contributed by atoms with Crippen LogP contribution in [0.3, 0.4) is 0 Å². The van der Waals surface area contributed by atoms with Gasteiger partial charge in [0, 0.05) is 25.3 Å². The number of pyridine rings is 1. The average molecular weight is 504 g/mol. The summed E-state index contributed by atoms with van der Waals surface area (Å²) in [7, 11) is 0. The van der Waals surface area contributed by atoms with E-state index in [4.69, 9.17) is 4.74 Å². The second-order valence-corrected chi connectivity index (χ2v) is 9.55. The number of ether oxygens (including phenoxy) is 1. The van der Waals surface area contributed by atoms with Crippen LogP contribution in [-0.4, -0.2) is 54.8 Å². The molecule has 0 spiro atoms. The first kappa shape index (κ1) is 24.4. The van der Waals surface area contributed by atoms with Gasteiger partial charge in [-0.3, -0.25) is 4.79 Å². The number of morpholine rings is 1. The molecule has 3 aliphatic rings. The molecule has 3 atom stereocenters. The fourth-order valence-electron chi connectivity index (χ4n) is 5.11. The van der Waals surface area contributed by atoms with Crippen LogP contribution >= 0.6 is 0 Å². The van der Waals surface area contributed by atoms with Crippen LogP contribution in [0.4, 0.5) is 35.2 Å². The van der Waals surface area contributed by atoms with Crippen molar-refractivity contribution in [2.24, 2.45) is 0 Å². The normalized spacial score (nSPS) is 24.1. The largest absolute Gasteiger partial charge is 0.416 e. The van der Waals surface area contributed by atoms with Crippen molar-refractivity contribution >= 4 is 29.1 Å². The second-order valence-electron chi connectivity index (χ2n) is 9.55. The summed E-state index contributed by atoms with van der Waals surface area (Å²) in [6.07, 6.45) is 1.05. The molecule has 192 valence electrons. The molecule has 1 aromatic carbocycles. The highest BCUT2D eigenvalue weighted by Gasteiger charge is 2.35. The summed E-state index contributed by atoms with van der Waals surface area (Å²) in [5, 5.41) is 5.15. The van der Waals surface area contributed by atoms with Gasteiger partial charge in [0.25, 0.3) is 0 Å². The standard InChI is InChI=1S/C25H28F3N5O3/c1-15-11-22(32-13-18-8-9-19(14-32)36-18)29-12-21(15)33-10-2-3-20(23(33)34)31-24(35)30-17-6-4-16(5-7-17)25(26,27)28/h4-7,11-12,18-20H,2-3,8-10,13-14H2,1H3,(H2,30,31,35)/t18-,19+,20-/m1/s1. The molecule has 0 unspecified atom stereocenters. The molecular weight excluding hydrogens is 475 g/mol. The van der Waals surface area contributed by atoms with Crippen molar-refractivity contribution in [3.05, 3.63) is 47.7 Å². The number of anilines is 3. The Hall–Kier alpha value is -3.34. The van der Waals surface area contributed by atoms with Gasteiger partial charge in [-0.05, 0) is 68.5 Å². The fraction of sp³-hybridized carbons (Fsp3) is 0.480. The van der Waals surface area contributed by atoms with Gasteiger partial charge in [0.1, 0.15) is 11.9 Å². The van der Waals surface area contributed by atoms with Crippen molar-refractivity contribution in [2.75, 3.05) is 34.8 Å². The molecule has 36 heavy (non-hydrogen) atoms. The molecule has 2 bridgehead atoms. The molecule has 0 radical (unpaired) electrons. The number of urea groups is 1. The monoisotopic (exact) mass is 503 g/mol. The van der Waals surface area contributed by atoms with E-state index in [9.17, 15) is 22.8 Å². The molecule has 11 heteroatoms. The number of piperidine rings is 1. The molecule has 8 nitrogen and oxygen atoms in total.